The van der Waals surface area contributed by atoms with Crippen LogP contribution < -0.4 is 3.27 Å². The van der Waals surface area contributed by atoms with Crippen LogP contribution in [0.3, 0.4) is 0 Å². The number of allylic oxidation sites excluding steroid dienone is 4. The van der Waals surface area contributed by atoms with Crippen molar-refractivity contribution in [2.75, 3.05) is 0 Å². The molecule has 2 aliphatic carbocycles. The van der Waals surface area contributed by atoms with Crippen LogP contribution >= 0.6 is 0 Å². The summed E-state index contributed by atoms with van der Waals surface area (Å²) in [6.45, 7) is 7.15. The molecule has 4 aromatic rings. The van der Waals surface area contributed by atoms with Gasteiger partial charge in [-0.05, 0) is 0 Å². The number of hydrogen-bond acceptors (Lipinski definition) is 0. The van der Waals surface area contributed by atoms with Crippen molar-refractivity contribution in [3.8, 4) is 11.1 Å². The SMILES string of the molecule is CC(C)(C)C1=[C]([Zr](=[C](c2ccccc2)c2ccccc2)[c]2cccc3c2Cc2ccccc2-3)CC=C1. The van der Waals surface area contributed by atoms with Gasteiger partial charge in [-0.15, -0.1) is 0 Å². The molecule has 176 valence electrons. The molecular formula is C35H32Zr. The van der Waals surface area contributed by atoms with Gasteiger partial charge in [0, 0.05) is 0 Å². The van der Waals surface area contributed by atoms with Crippen LogP contribution in [-0.2, 0) is 27.7 Å². The van der Waals surface area contributed by atoms with Crippen molar-refractivity contribution in [3.05, 3.63) is 146 Å². The molecule has 0 fully saturated rings. The summed E-state index contributed by atoms with van der Waals surface area (Å²) < 4.78 is 4.98. The molecule has 0 bridgehead atoms. The zero-order chi connectivity index (χ0) is 24.7. The molecule has 0 aliphatic heterocycles. The molecule has 0 heterocycles. The standard InChI is InChI=1S/C13H9.C13H10.C9H13.Zr/c1-3-7-12-10(5-1)9-11-6-2-4-8-13(11)12;1-3-7-12(8-4-1)11-13-9-5-2-6-10-13;1-9(2,3)8-6-4-5-7-8;/h1-5,7-8H,9H2;1-10H;4,6H,5H2,1-3H3;. The Morgan fingerprint density at radius 2 is 1.28 bits per heavy atom. The number of benzene rings is 4. The number of fused-ring (bicyclic) bond motifs is 3. The van der Waals surface area contributed by atoms with Gasteiger partial charge in [0.25, 0.3) is 0 Å². The Hall–Kier alpha value is -2.89. The van der Waals surface area contributed by atoms with Crippen LogP contribution in [0.15, 0.2) is 124 Å². The third-order valence-corrected chi connectivity index (χ3v) is 15.3. The fourth-order valence-electron chi connectivity index (χ4n) is 5.95. The molecule has 0 radical (unpaired) electrons. The van der Waals surface area contributed by atoms with Gasteiger partial charge in [0.15, 0.2) is 0 Å². The quantitative estimate of drug-likeness (QED) is 0.215. The second-order valence-corrected chi connectivity index (χ2v) is 16.8. The molecule has 2 aliphatic rings. The zero-order valence-electron chi connectivity index (χ0n) is 21.4. The first-order valence-electron chi connectivity index (χ1n) is 13.0. The first-order valence-corrected chi connectivity index (χ1v) is 16.7. The first-order chi connectivity index (χ1) is 17.5. The van der Waals surface area contributed by atoms with Gasteiger partial charge in [-0.1, -0.05) is 0 Å². The molecule has 0 atom stereocenters. The van der Waals surface area contributed by atoms with E-state index in [1.54, 1.807) is 20.9 Å². The molecule has 1 heteroatoms. The van der Waals surface area contributed by atoms with Gasteiger partial charge >= 0.3 is 224 Å². The minimum absolute atomic E-state index is 0.132. The maximum atomic E-state index is 2.48. The molecule has 0 N–H and O–H groups in total. The van der Waals surface area contributed by atoms with E-state index in [-0.39, 0.29) is 5.41 Å². The van der Waals surface area contributed by atoms with Gasteiger partial charge < -0.3 is 0 Å². The van der Waals surface area contributed by atoms with E-state index in [9.17, 15) is 0 Å². The van der Waals surface area contributed by atoms with E-state index >= 15 is 0 Å². The van der Waals surface area contributed by atoms with Gasteiger partial charge in [-0.3, -0.25) is 0 Å². The predicted octanol–water partition coefficient (Wildman–Crippen LogP) is 8.03. The molecule has 0 saturated carbocycles. The van der Waals surface area contributed by atoms with Crippen LogP contribution in [0.5, 0.6) is 0 Å². The van der Waals surface area contributed by atoms with Crippen molar-refractivity contribution in [1.82, 2.24) is 0 Å². The van der Waals surface area contributed by atoms with E-state index in [4.69, 9.17) is 0 Å². The Morgan fingerprint density at radius 1 is 0.667 bits per heavy atom. The molecule has 0 aromatic heterocycles. The fraction of sp³-hybridized carbons (Fsp3) is 0.171. The molecule has 6 rings (SSSR count). The van der Waals surface area contributed by atoms with E-state index in [2.05, 4.69) is 136 Å². The van der Waals surface area contributed by atoms with Gasteiger partial charge in [0.05, 0.1) is 0 Å². The molecule has 0 spiro atoms. The van der Waals surface area contributed by atoms with E-state index < -0.39 is 21.3 Å². The number of hydrogen-bond donors (Lipinski definition) is 0. The summed E-state index contributed by atoms with van der Waals surface area (Å²) >= 11 is -2.64. The maximum absolute atomic E-state index is 2.64. The Morgan fingerprint density at radius 3 is 1.94 bits per heavy atom. The van der Waals surface area contributed by atoms with Gasteiger partial charge in [-0.25, -0.2) is 0 Å². The monoisotopic (exact) mass is 542 g/mol. The normalized spacial score (nSPS) is 14.1. The van der Waals surface area contributed by atoms with Crippen molar-refractivity contribution in [1.29, 1.82) is 0 Å². The summed E-state index contributed by atoms with van der Waals surface area (Å²) in [4.78, 5) is 0. The Balaban J connectivity index is 1.73. The molecular weight excluding hydrogens is 512 g/mol. The van der Waals surface area contributed by atoms with Gasteiger partial charge in [0.1, 0.15) is 0 Å². The molecule has 0 amide bonds. The van der Waals surface area contributed by atoms with E-state index in [1.807, 2.05) is 0 Å². The topological polar surface area (TPSA) is 0 Å². The summed E-state index contributed by atoms with van der Waals surface area (Å²) in [6, 6.07) is 38.6. The predicted molar refractivity (Wildman–Crippen MR) is 151 cm³/mol. The second kappa shape index (κ2) is 9.53. The minimum atomic E-state index is -2.64. The third-order valence-electron chi connectivity index (χ3n) is 7.54. The van der Waals surface area contributed by atoms with Crippen LogP contribution in [-0.4, -0.2) is 3.21 Å². The zero-order valence-corrected chi connectivity index (χ0v) is 23.8. The van der Waals surface area contributed by atoms with Gasteiger partial charge in [0.2, 0.25) is 0 Å². The van der Waals surface area contributed by atoms with Crippen molar-refractivity contribution in [2.24, 2.45) is 5.41 Å². The Kier molecular flexibility index (Phi) is 6.22. The average molecular weight is 544 g/mol. The molecule has 0 nitrogen and oxygen atoms in total. The van der Waals surface area contributed by atoms with Crippen molar-refractivity contribution < 1.29 is 21.3 Å². The summed E-state index contributed by atoms with van der Waals surface area (Å²) in [6.07, 6.45) is 6.98. The van der Waals surface area contributed by atoms with Crippen LogP contribution in [0, 0.1) is 5.41 Å². The van der Waals surface area contributed by atoms with E-state index in [0.29, 0.717) is 0 Å². The van der Waals surface area contributed by atoms with Crippen LogP contribution in [0.1, 0.15) is 49.4 Å². The van der Waals surface area contributed by atoms with Crippen molar-refractivity contribution in [3.63, 3.8) is 0 Å². The van der Waals surface area contributed by atoms with E-state index in [0.717, 1.165) is 12.8 Å². The third kappa shape index (κ3) is 4.18. The van der Waals surface area contributed by atoms with Gasteiger partial charge in [-0.2, -0.15) is 0 Å². The Bertz CT molecular complexity index is 1490. The fourth-order valence-corrected chi connectivity index (χ4v) is 14.9. The summed E-state index contributed by atoms with van der Waals surface area (Å²) in [5.74, 6) is 0. The second-order valence-electron chi connectivity index (χ2n) is 10.9. The molecule has 0 saturated heterocycles. The number of rotatable bonds is 4. The summed E-state index contributed by atoms with van der Waals surface area (Å²) in [5.41, 5.74) is 10.4. The molecule has 0 unspecified atom stereocenters. The van der Waals surface area contributed by atoms with Crippen LogP contribution in [0.4, 0.5) is 0 Å². The summed E-state index contributed by atoms with van der Waals surface area (Å²) in [7, 11) is 0. The van der Waals surface area contributed by atoms with Crippen molar-refractivity contribution >= 4 is 6.48 Å². The van der Waals surface area contributed by atoms with Crippen LogP contribution in [0.25, 0.3) is 11.1 Å². The average Bonchev–Trinajstić information content (AvgIpc) is 3.54. The molecule has 4 aromatic carbocycles. The van der Waals surface area contributed by atoms with E-state index in [1.165, 1.54) is 27.8 Å². The molecule has 36 heavy (non-hydrogen) atoms. The first kappa shape index (κ1) is 23.5. The van der Waals surface area contributed by atoms with Crippen molar-refractivity contribution in [2.45, 2.75) is 33.6 Å². The van der Waals surface area contributed by atoms with Crippen LogP contribution in [0.2, 0.25) is 0 Å². The Labute approximate surface area is 223 Å². The summed E-state index contributed by atoms with van der Waals surface area (Å²) in [5, 5.41) is 0.